The van der Waals surface area contributed by atoms with Crippen molar-refractivity contribution in [2.75, 3.05) is 5.32 Å². The molecule has 1 aromatic rings. The summed E-state index contributed by atoms with van der Waals surface area (Å²) in [4.78, 5) is 27.9. The lowest BCUT2D eigenvalue weighted by Crippen LogP contribution is -2.41. The van der Waals surface area contributed by atoms with Crippen molar-refractivity contribution in [1.82, 2.24) is 10.3 Å². The standard InChI is InChI=1S/C13H19N3O3S/c1-3-9(17)14-7-5-6-8-12(11(7)19)20-13(15-8)16-10(18)4-2/h7,11,19H,3-6H2,1-2H3,(H,14,17)(H,15,16,18). The van der Waals surface area contributed by atoms with Crippen molar-refractivity contribution in [3.8, 4) is 0 Å². The molecular formula is C13H19N3O3S. The van der Waals surface area contributed by atoms with E-state index in [4.69, 9.17) is 0 Å². The van der Waals surface area contributed by atoms with Crippen LogP contribution in [0, 0.1) is 0 Å². The van der Waals surface area contributed by atoms with Gasteiger partial charge in [-0.25, -0.2) is 4.98 Å². The van der Waals surface area contributed by atoms with E-state index in [1.807, 2.05) is 0 Å². The summed E-state index contributed by atoms with van der Waals surface area (Å²) >= 11 is 1.28. The largest absolute Gasteiger partial charge is 0.385 e. The highest BCUT2D eigenvalue weighted by Crippen LogP contribution is 2.36. The first kappa shape index (κ1) is 14.9. The first-order valence-corrected chi connectivity index (χ1v) is 7.63. The molecule has 0 saturated heterocycles. The van der Waals surface area contributed by atoms with E-state index in [0.717, 1.165) is 10.6 Å². The predicted octanol–water partition coefficient (Wildman–Crippen LogP) is 1.37. The molecule has 6 nitrogen and oxygen atoms in total. The maximum absolute atomic E-state index is 11.4. The van der Waals surface area contributed by atoms with Gasteiger partial charge in [0.1, 0.15) is 6.10 Å². The zero-order valence-corrected chi connectivity index (χ0v) is 12.4. The Hall–Kier alpha value is -1.47. The fourth-order valence-electron chi connectivity index (χ4n) is 2.13. The molecule has 7 heteroatoms. The molecule has 3 N–H and O–H groups in total. The van der Waals surface area contributed by atoms with Crippen molar-refractivity contribution in [3.63, 3.8) is 0 Å². The summed E-state index contributed by atoms with van der Waals surface area (Å²) in [6.07, 6.45) is 1.39. The van der Waals surface area contributed by atoms with E-state index in [0.29, 0.717) is 30.8 Å². The Kier molecular flexibility index (Phi) is 4.72. The van der Waals surface area contributed by atoms with Gasteiger partial charge in [-0.15, -0.1) is 0 Å². The number of thiazole rings is 1. The molecule has 1 heterocycles. The average molecular weight is 297 g/mol. The summed E-state index contributed by atoms with van der Waals surface area (Å²) in [5.74, 6) is -0.164. The van der Waals surface area contributed by atoms with Gasteiger partial charge in [-0.2, -0.15) is 0 Å². The van der Waals surface area contributed by atoms with Crippen LogP contribution in [-0.4, -0.2) is 27.9 Å². The molecule has 0 fully saturated rings. The third kappa shape index (κ3) is 3.16. The number of fused-ring (bicyclic) bond motifs is 1. The lowest BCUT2D eigenvalue weighted by Gasteiger charge is -2.27. The summed E-state index contributed by atoms with van der Waals surface area (Å²) in [6.45, 7) is 3.55. The van der Waals surface area contributed by atoms with Gasteiger partial charge < -0.3 is 15.7 Å². The second kappa shape index (κ2) is 6.32. The molecule has 2 unspecified atom stereocenters. The van der Waals surface area contributed by atoms with E-state index >= 15 is 0 Å². The van der Waals surface area contributed by atoms with Gasteiger partial charge in [-0.05, 0) is 12.8 Å². The number of anilines is 1. The van der Waals surface area contributed by atoms with E-state index in [9.17, 15) is 14.7 Å². The van der Waals surface area contributed by atoms with Gasteiger partial charge in [-0.3, -0.25) is 9.59 Å². The molecule has 1 aromatic heterocycles. The summed E-state index contributed by atoms with van der Waals surface area (Å²) in [7, 11) is 0. The Morgan fingerprint density at radius 1 is 1.35 bits per heavy atom. The van der Waals surface area contributed by atoms with Gasteiger partial charge in [0.05, 0.1) is 16.6 Å². The van der Waals surface area contributed by atoms with Crippen LogP contribution >= 0.6 is 11.3 Å². The predicted molar refractivity (Wildman–Crippen MR) is 76.5 cm³/mol. The van der Waals surface area contributed by atoms with Gasteiger partial charge in [0.15, 0.2) is 5.13 Å². The third-order valence-electron chi connectivity index (χ3n) is 3.30. The molecular weight excluding hydrogens is 278 g/mol. The van der Waals surface area contributed by atoms with Crippen LogP contribution in [0.5, 0.6) is 0 Å². The summed E-state index contributed by atoms with van der Waals surface area (Å²) < 4.78 is 0. The fraction of sp³-hybridized carbons (Fsp3) is 0.615. The minimum Gasteiger partial charge on any atom is -0.385 e. The SMILES string of the molecule is CCC(=O)Nc1nc2c(s1)C(O)C(NC(=O)CC)CC2. The number of aromatic nitrogens is 1. The van der Waals surface area contributed by atoms with Crippen molar-refractivity contribution < 1.29 is 14.7 Å². The smallest absolute Gasteiger partial charge is 0.225 e. The van der Waals surface area contributed by atoms with Crippen LogP contribution in [0.2, 0.25) is 0 Å². The highest BCUT2D eigenvalue weighted by Gasteiger charge is 2.32. The second-order valence-electron chi connectivity index (χ2n) is 4.74. The molecule has 20 heavy (non-hydrogen) atoms. The normalized spacial score (nSPS) is 21.1. The summed E-state index contributed by atoms with van der Waals surface area (Å²) in [6, 6.07) is -0.273. The first-order valence-electron chi connectivity index (χ1n) is 6.82. The van der Waals surface area contributed by atoms with Crippen LogP contribution < -0.4 is 10.6 Å². The molecule has 0 spiro atoms. The van der Waals surface area contributed by atoms with E-state index < -0.39 is 6.10 Å². The number of aryl methyl sites for hydroxylation is 1. The Bertz CT molecular complexity index is 515. The molecule has 0 aromatic carbocycles. The van der Waals surface area contributed by atoms with Gasteiger partial charge in [0.2, 0.25) is 11.8 Å². The Morgan fingerprint density at radius 3 is 2.70 bits per heavy atom. The molecule has 2 rings (SSSR count). The number of carbonyl (C=O) groups excluding carboxylic acids is 2. The first-order chi connectivity index (χ1) is 9.55. The molecule has 0 radical (unpaired) electrons. The van der Waals surface area contributed by atoms with Crippen LogP contribution in [0.25, 0.3) is 0 Å². The molecule has 1 aliphatic carbocycles. The maximum Gasteiger partial charge on any atom is 0.225 e. The average Bonchev–Trinajstić information content (AvgIpc) is 2.85. The number of aliphatic hydroxyl groups is 1. The number of nitrogens with zero attached hydrogens (tertiary/aromatic N) is 1. The van der Waals surface area contributed by atoms with E-state index in [1.54, 1.807) is 13.8 Å². The Labute approximate surface area is 121 Å². The minimum atomic E-state index is -0.751. The Balaban J connectivity index is 2.11. The monoisotopic (exact) mass is 297 g/mol. The van der Waals surface area contributed by atoms with Gasteiger partial charge in [0, 0.05) is 12.8 Å². The van der Waals surface area contributed by atoms with Crippen molar-refractivity contribution in [1.29, 1.82) is 0 Å². The highest BCUT2D eigenvalue weighted by atomic mass is 32.1. The second-order valence-corrected chi connectivity index (χ2v) is 5.77. The minimum absolute atomic E-state index is 0.0680. The summed E-state index contributed by atoms with van der Waals surface area (Å²) in [5, 5.41) is 16.4. The highest BCUT2D eigenvalue weighted by molar-refractivity contribution is 7.16. The van der Waals surface area contributed by atoms with Gasteiger partial charge in [-0.1, -0.05) is 25.2 Å². The van der Waals surface area contributed by atoms with Crippen molar-refractivity contribution in [3.05, 3.63) is 10.6 Å². The van der Waals surface area contributed by atoms with Crippen LogP contribution in [-0.2, 0) is 16.0 Å². The van der Waals surface area contributed by atoms with Crippen LogP contribution in [0.15, 0.2) is 0 Å². The lowest BCUT2D eigenvalue weighted by molar-refractivity contribution is -0.122. The van der Waals surface area contributed by atoms with E-state index in [2.05, 4.69) is 15.6 Å². The molecule has 2 atom stereocenters. The van der Waals surface area contributed by atoms with Crippen molar-refractivity contribution in [2.45, 2.75) is 51.7 Å². The number of aliphatic hydroxyl groups excluding tert-OH is 1. The lowest BCUT2D eigenvalue weighted by atomic mass is 9.95. The number of nitrogens with one attached hydrogen (secondary N) is 2. The van der Waals surface area contributed by atoms with Gasteiger partial charge >= 0.3 is 0 Å². The third-order valence-corrected chi connectivity index (χ3v) is 4.39. The molecule has 110 valence electrons. The van der Waals surface area contributed by atoms with Crippen LogP contribution in [0.1, 0.15) is 49.8 Å². The van der Waals surface area contributed by atoms with Gasteiger partial charge in [0.25, 0.3) is 0 Å². The number of hydrogen-bond donors (Lipinski definition) is 3. The Morgan fingerprint density at radius 2 is 2.05 bits per heavy atom. The van der Waals surface area contributed by atoms with E-state index in [-0.39, 0.29) is 17.9 Å². The number of rotatable bonds is 4. The number of hydrogen-bond acceptors (Lipinski definition) is 5. The van der Waals surface area contributed by atoms with Crippen molar-refractivity contribution in [2.24, 2.45) is 0 Å². The maximum atomic E-state index is 11.4. The molecule has 0 saturated carbocycles. The molecule has 2 amide bonds. The molecule has 1 aliphatic rings. The quantitative estimate of drug-likeness (QED) is 0.782. The number of carbonyl (C=O) groups is 2. The van der Waals surface area contributed by atoms with Crippen molar-refractivity contribution >= 4 is 28.3 Å². The topological polar surface area (TPSA) is 91.3 Å². The zero-order valence-electron chi connectivity index (χ0n) is 11.6. The fourth-order valence-corrected chi connectivity index (χ4v) is 3.21. The van der Waals surface area contributed by atoms with Crippen LogP contribution in [0.3, 0.4) is 0 Å². The van der Waals surface area contributed by atoms with E-state index in [1.165, 1.54) is 11.3 Å². The number of amides is 2. The summed E-state index contributed by atoms with van der Waals surface area (Å²) in [5.41, 5.74) is 0.816. The zero-order chi connectivity index (χ0) is 14.7. The van der Waals surface area contributed by atoms with Crippen LogP contribution in [0.4, 0.5) is 5.13 Å². The molecule has 0 bridgehead atoms. The molecule has 0 aliphatic heterocycles.